The molecule has 2 atom stereocenters. The molecule has 0 unspecified atom stereocenters. The molecule has 3 aromatic heterocycles. The Morgan fingerprint density at radius 2 is 1.95 bits per heavy atom. The van der Waals surface area contributed by atoms with E-state index in [0.29, 0.717) is 12.4 Å². The van der Waals surface area contributed by atoms with Crippen molar-refractivity contribution in [3.05, 3.63) is 63.0 Å². The predicted octanol–water partition coefficient (Wildman–Crippen LogP) is 1.70. The maximum absolute atomic E-state index is 13.9. The molecule has 226 valence electrons. The fourth-order valence-electron chi connectivity index (χ4n) is 4.91. The number of carbonyl (C=O) groups is 2. The molecule has 42 heavy (non-hydrogen) atoms. The zero-order chi connectivity index (χ0) is 30.4. The number of ether oxygens (including phenoxy) is 1. The first-order valence-corrected chi connectivity index (χ1v) is 13.9. The second-order valence-corrected chi connectivity index (χ2v) is 10.9. The average Bonchev–Trinajstić information content (AvgIpc) is 3.54. The molecule has 5 heterocycles. The van der Waals surface area contributed by atoms with Gasteiger partial charge in [-0.05, 0) is 49.9 Å². The molecule has 0 aliphatic carbocycles. The molecule has 1 fully saturated rings. The first-order chi connectivity index (χ1) is 20.0. The van der Waals surface area contributed by atoms with Gasteiger partial charge >= 0.3 is 11.9 Å². The molecule has 2 aliphatic rings. The Morgan fingerprint density at radius 1 is 1.26 bits per heavy atom. The molecule has 0 saturated carbocycles. The summed E-state index contributed by atoms with van der Waals surface area (Å²) in [7, 11) is 1.51. The van der Waals surface area contributed by atoms with Crippen LogP contribution in [0.15, 0.2) is 35.7 Å². The molecule has 1 spiro atoms. The first-order valence-electron chi connectivity index (χ1n) is 13.1. The highest BCUT2D eigenvalue weighted by Crippen LogP contribution is 2.45. The van der Waals surface area contributed by atoms with E-state index in [0.717, 1.165) is 66.2 Å². The quantitative estimate of drug-likeness (QED) is 0.217. The molecular weight excluding hydrogens is 573 g/mol. The van der Waals surface area contributed by atoms with Crippen LogP contribution < -0.4 is 0 Å². The largest absolute Gasteiger partial charge is 0.479 e. The summed E-state index contributed by atoms with van der Waals surface area (Å²) in [6.07, 6.45) is 3.45. The van der Waals surface area contributed by atoms with Crippen molar-refractivity contribution in [1.82, 2.24) is 19.7 Å². The lowest BCUT2D eigenvalue weighted by atomic mass is 9.85. The van der Waals surface area contributed by atoms with Crippen molar-refractivity contribution in [2.75, 3.05) is 26.8 Å². The van der Waals surface area contributed by atoms with E-state index in [2.05, 4.69) is 15.0 Å². The van der Waals surface area contributed by atoms with Crippen LogP contribution in [0.3, 0.4) is 0 Å². The summed E-state index contributed by atoms with van der Waals surface area (Å²) in [4.78, 5) is 32.4. The van der Waals surface area contributed by atoms with Crippen molar-refractivity contribution in [2.24, 2.45) is 5.16 Å². The minimum atomic E-state index is -2.27. The molecule has 0 aromatic carbocycles. The summed E-state index contributed by atoms with van der Waals surface area (Å²) >= 11 is 1.26. The molecule has 4 N–H and O–H groups in total. The number of nitrogens with zero attached hydrogens (tertiary/aromatic N) is 5. The van der Waals surface area contributed by atoms with Gasteiger partial charge in [0.05, 0.1) is 18.5 Å². The van der Waals surface area contributed by atoms with Gasteiger partial charge in [-0.1, -0.05) is 5.16 Å². The van der Waals surface area contributed by atoms with Gasteiger partial charge in [-0.15, -0.1) is 11.3 Å². The van der Waals surface area contributed by atoms with E-state index in [9.17, 15) is 14.0 Å². The molecule has 2 aliphatic heterocycles. The summed E-state index contributed by atoms with van der Waals surface area (Å²) in [5.74, 6) is -2.83. The average molecular weight is 606 g/mol. The Bertz CT molecular complexity index is 1420. The van der Waals surface area contributed by atoms with Gasteiger partial charge in [-0.25, -0.2) is 19.3 Å². The Hall–Kier alpha value is -3.76. The van der Waals surface area contributed by atoms with Crippen molar-refractivity contribution in [3.8, 4) is 5.82 Å². The first kappa shape index (κ1) is 31.2. The van der Waals surface area contributed by atoms with Gasteiger partial charge in [-0.2, -0.15) is 9.49 Å². The molecule has 5 rings (SSSR count). The monoisotopic (exact) mass is 605 g/mol. The van der Waals surface area contributed by atoms with Crippen LogP contribution in [0.2, 0.25) is 0 Å². The van der Waals surface area contributed by atoms with Crippen molar-refractivity contribution < 1.29 is 44.0 Å². The van der Waals surface area contributed by atoms with Crippen LogP contribution in [0.25, 0.3) is 5.82 Å². The van der Waals surface area contributed by atoms with Gasteiger partial charge in [0.15, 0.2) is 23.2 Å². The number of hydrogen-bond donors (Lipinski definition) is 4. The van der Waals surface area contributed by atoms with Gasteiger partial charge in [0.2, 0.25) is 0 Å². The van der Waals surface area contributed by atoms with E-state index >= 15 is 0 Å². The predicted molar refractivity (Wildman–Crippen MR) is 148 cm³/mol. The number of thiophene rings is 1. The summed E-state index contributed by atoms with van der Waals surface area (Å²) in [6.45, 7) is 5.31. The Labute approximate surface area is 244 Å². The van der Waals surface area contributed by atoms with Crippen LogP contribution in [-0.4, -0.2) is 97.3 Å². The van der Waals surface area contributed by atoms with Crippen LogP contribution in [0.4, 0.5) is 4.39 Å². The van der Waals surface area contributed by atoms with Crippen LogP contribution in [0.5, 0.6) is 0 Å². The lowest BCUT2D eigenvalue weighted by molar-refractivity contribution is -0.165. The zero-order valence-corrected chi connectivity index (χ0v) is 23.8. The highest BCUT2D eigenvalue weighted by Gasteiger charge is 2.42. The standard InChI is InChI=1S/C23H26FN5O2S.C4H6O6/c1-16-19(15-29(27-16)22-18(13-26-30-2)4-3-8-25-22)14-28-9-6-23(7-10-28)21-17(5-11-31-23)12-20(24)32-21;5-1(3(7)8)2(6)4(9)10/h3-4,8,12-13,15H,5-7,9-11,14H2,1-2H3;1-2,5-6H,(H,7,8)(H,9,10)/b26-13+;/t;1-,2-/m.1/s1. The molecule has 15 heteroatoms. The lowest BCUT2D eigenvalue weighted by Gasteiger charge is -2.43. The number of aromatic nitrogens is 3. The maximum atomic E-state index is 13.9. The maximum Gasteiger partial charge on any atom is 0.335 e. The molecule has 0 radical (unpaired) electrons. The highest BCUT2D eigenvalue weighted by molar-refractivity contribution is 7.10. The summed E-state index contributed by atoms with van der Waals surface area (Å²) in [5, 5.41) is 41.0. The highest BCUT2D eigenvalue weighted by atomic mass is 32.1. The second kappa shape index (κ2) is 13.5. The van der Waals surface area contributed by atoms with Crippen molar-refractivity contribution in [3.63, 3.8) is 0 Å². The normalized spacial score (nSPS) is 17.7. The van der Waals surface area contributed by atoms with Crippen molar-refractivity contribution >= 4 is 29.5 Å². The number of aliphatic hydroxyl groups excluding tert-OH is 2. The van der Waals surface area contributed by atoms with Crippen LogP contribution >= 0.6 is 11.3 Å². The lowest BCUT2D eigenvalue weighted by Crippen LogP contribution is -2.45. The number of aliphatic carboxylic acids is 2. The van der Waals surface area contributed by atoms with Crippen molar-refractivity contribution in [2.45, 2.75) is 50.5 Å². The molecular formula is C27H32FN5O8S. The summed E-state index contributed by atoms with van der Waals surface area (Å²) < 4.78 is 21.9. The van der Waals surface area contributed by atoms with Crippen LogP contribution in [-0.2, 0) is 37.7 Å². The number of aryl methyl sites for hydroxylation is 1. The molecule has 0 amide bonds. The number of aliphatic hydroxyl groups is 2. The molecule has 0 bridgehead atoms. The number of piperidine rings is 1. The van der Waals surface area contributed by atoms with E-state index in [1.54, 1.807) is 23.2 Å². The zero-order valence-electron chi connectivity index (χ0n) is 23.0. The smallest absolute Gasteiger partial charge is 0.335 e. The van der Waals surface area contributed by atoms with Gasteiger partial charge in [0.1, 0.15) is 12.7 Å². The van der Waals surface area contributed by atoms with Gasteiger partial charge in [0, 0.05) is 48.0 Å². The number of fused-ring (bicyclic) bond motifs is 2. The molecule has 3 aromatic rings. The number of halogens is 1. The molecule has 13 nitrogen and oxygen atoms in total. The van der Waals surface area contributed by atoms with Gasteiger partial charge in [0.25, 0.3) is 0 Å². The van der Waals surface area contributed by atoms with E-state index in [1.165, 1.54) is 18.4 Å². The van der Waals surface area contributed by atoms with Crippen molar-refractivity contribution in [1.29, 1.82) is 0 Å². The number of pyridine rings is 1. The van der Waals surface area contributed by atoms with E-state index in [-0.39, 0.29) is 10.7 Å². The number of rotatable bonds is 8. The van der Waals surface area contributed by atoms with Gasteiger partial charge in [-0.3, -0.25) is 4.90 Å². The van der Waals surface area contributed by atoms with Crippen LogP contribution in [0.1, 0.15) is 40.1 Å². The number of hydrogen-bond acceptors (Lipinski definition) is 11. The Kier molecular flexibility index (Phi) is 10.0. The number of carboxylic acid groups (broad SMARTS) is 2. The summed E-state index contributed by atoms with van der Waals surface area (Å²) in [5.41, 5.74) is 3.78. The number of oxime groups is 1. The van der Waals surface area contributed by atoms with E-state index in [1.807, 2.05) is 25.3 Å². The summed E-state index contributed by atoms with van der Waals surface area (Å²) in [6, 6.07) is 5.48. The topological polar surface area (TPSA) is 180 Å². The third-order valence-electron chi connectivity index (χ3n) is 7.14. The third-order valence-corrected chi connectivity index (χ3v) is 8.29. The van der Waals surface area contributed by atoms with E-state index in [4.69, 9.17) is 35.1 Å². The fraction of sp³-hybridized carbons (Fsp3) is 0.444. The number of likely N-dealkylation sites (tertiary alicyclic amines) is 1. The third kappa shape index (κ3) is 6.99. The Balaban J connectivity index is 0.000000349. The molecule has 1 saturated heterocycles. The number of carboxylic acids is 2. The van der Waals surface area contributed by atoms with E-state index < -0.39 is 24.1 Å². The van der Waals surface area contributed by atoms with Gasteiger partial charge < -0.3 is 30.0 Å². The minimum Gasteiger partial charge on any atom is -0.479 e. The van der Waals surface area contributed by atoms with Crippen LogP contribution in [0, 0.1) is 12.1 Å². The Morgan fingerprint density at radius 3 is 2.60 bits per heavy atom. The SMILES string of the molecule is CO/N=C/c1cccnc1-n1cc(CN2CCC3(CC2)OCCc2cc(F)sc23)c(C)n1.O=C(O)[C@H](O)[C@@H](O)C(=O)O. The fourth-order valence-corrected chi connectivity index (χ4v) is 6.05. The minimum absolute atomic E-state index is 0.102. The second-order valence-electron chi connectivity index (χ2n) is 9.86.